The number of aromatic nitrogens is 2. The first-order chi connectivity index (χ1) is 9.17. The second kappa shape index (κ2) is 15.7. The maximum atomic E-state index is 11.0. The predicted octanol–water partition coefficient (Wildman–Crippen LogP) is 1.67. The normalized spacial score (nSPS) is 7.90. The SMILES string of the molecule is CC.CC.[CH2-]NC(=O)c1nnc(CNC(=O)CC)o1.[V]. The van der Waals surface area contributed by atoms with Crippen molar-refractivity contribution in [3.63, 3.8) is 0 Å². The molecule has 0 bridgehead atoms. The molecule has 1 rings (SSSR count). The standard InChI is InChI=1S/C8H11N4O3.2C2H6.V/c1-3-5(13)10-4-6-11-12-8(15-6)7(14)9-2;2*1-2;/h2-4H2,1H3,(H,9,14)(H,10,13);2*1-2H3;/q-1;;;. The fraction of sp³-hybridized carbons (Fsp3) is 0.583. The van der Waals surface area contributed by atoms with Crippen molar-refractivity contribution >= 4 is 11.8 Å². The van der Waals surface area contributed by atoms with E-state index in [9.17, 15) is 9.59 Å². The van der Waals surface area contributed by atoms with Gasteiger partial charge in [-0.25, -0.2) is 0 Å². The average Bonchev–Trinajstić information content (AvgIpc) is 2.97. The molecule has 20 heavy (non-hydrogen) atoms. The van der Waals surface area contributed by atoms with Crippen LogP contribution >= 0.6 is 0 Å². The molecule has 0 saturated carbocycles. The van der Waals surface area contributed by atoms with Crippen molar-refractivity contribution in [3.8, 4) is 0 Å². The van der Waals surface area contributed by atoms with Crippen LogP contribution in [0.2, 0.25) is 0 Å². The fourth-order valence-electron chi connectivity index (χ4n) is 0.792. The van der Waals surface area contributed by atoms with E-state index >= 15 is 0 Å². The summed E-state index contributed by atoms with van der Waals surface area (Å²) in [5.74, 6) is -0.687. The van der Waals surface area contributed by atoms with Crippen LogP contribution < -0.4 is 10.6 Å². The van der Waals surface area contributed by atoms with Crippen molar-refractivity contribution in [3.05, 3.63) is 18.8 Å². The second-order valence-corrected chi connectivity index (χ2v) is 2.64. The molecule has 1 aromatic rings. The van der Waals surface area contributed by atoms with E-state index in [0.717, 1.165) is 0 Å². The van der Waals surface area contributed by atoms with Crippen molar-refractivity contribution < 1.29 is 32.6 Å². The zero-order chi connectivity index (χ0) is 15.3. The number of carbonyl (C=O) groups is 2. The Labute approximate surface area is 132 Å². The summed E-state index contributed by atoms with van der Waals surface area (Å²) in [7, 11) is 3.16. The molecule has 1 aromatic heterocycles. The monoisotopic (exact) mass is 322 g/mol. The van der Waals surface area contributed by atoms with Crippen LogP contribution in [0.15, 0.2) is 4.42 Å². The van der Waals surface area contributed by atoms with E-state index in [1.54, 1.807) is 6.92 Å². The molecule has 0 spiro atoms. The van der Waals surface area contributed by atoms with Crippen LogP contribution in [-0.4, -0.2) is 22.0 Å². The molecule has 7 nitrogen and oxygen atoms in total. The number of rotatable bonds is 4. The number of amides is 2. The Morgan fingerprint density at radius 1 is 1.20 bits per heavy atom. The van der Waals surface area contributed by atoms with Crippen molar-refractivity contribution in [2.75, 3.05) is 0 Å². The molecule has 115 valence electrons. The van der Waals surface area contributed by atoms with Crippen LogP contribution in [0, 0.1) is 7.05 Å². The Morgan fingerprint density at radius 3 is 2.20 bits per heavy atom. The minimum Gasteiger partial charge on any atom is -0.500 e. The van der Waals surface area contributed by atoms with Gasteiger partial charge in [0.1, 0.15) is 0 Å². The predicted molar refractivity (Wildman–Crippen MR) is 72.0 cm³/mol. The van der Waals surface area contributed by atoms with Crippen LogP contribution in [0.5, 0.6) is 0 Å². The minimum absolute atomic E-state index is 0. The molecule has 0 aromatic carbocycles. The molecule has 0 saturated heterocycles. The Kier molecular flexibility index (Phi) is 18.7. The molecule has 0 aliphatic rings. The van der Waals surface area contributed by atoms with E-state index in [1.807, 2.05) is 27.7 Å². The molecule has 0 atom stereocenters. The number of hydrogen-bond acceptors (Lipinski definition) is 5. The third kappa shape index (κ3) is 9.58. The van der Waals surface area contributed by atoms with Gasteiger partial charge in [-0.2, -0.15) is 0 Å². The summed E-state index contributed by atoms with van der Waals surface area (Å²) >= 11 is 0. The summed E-state index contributed by atoms with van der Waals surface area (Å²) in [5.41, 5.74) is 0. The van der Waals surface area contributed by atoms with Gasteiger partial charge in [0, 0.05) is 25.0 Å². The Morgan fingerprint density at radius 2 is 1.75 bits per heavy atom. The van der Waals surface area contributed by atoms with Gasteiger partial charge in [-0.15, -0.1) is 10.2 Å². The van der Waals surface area contributed by atoms with Crippen LogP contribution in [0.4, 0.5) is 0 Å². The van der Waals surface area contributed by atoms with Gasteiger partial charge in [0.2, 0.25) is 11.8 Å². The van der Waals surface area contributed by atoms with E-state index < -0.39 is 5.91 Å². The van der Waals surface area contributed by atoms with Crippen LogP contribution in [0.3, 0.4) is 0 Å². The average molecular weight is 322 g/mol. The number of nitrogens with one attached hydrogen (secondary N) is 2. The quantitative estimate of drug-likeness (QED) is 0.822. The van der Waals surface area contributed by atoms with Crippen molar-refractivity contribution in [1.82, 2.24) is 20.8 Å². The van der Waals surface area contributed by atoms with Gasteiger partial charge in [-0.05, 0) is 0 Å². The summed E-state index contributed by atoms with van der Waals surface area (Å²) < 4.78 is 4.94. The molecule has 2 amide bonds. The third-order valence-electron chi connectivity index (χ3n) is 1.58. The van der Waals surface area contributed by atoms with Gasteiger partial charge in [-0.3, -0.25) is 16.6 Å². The number of nitrogens with zero attached hydrogens (tertiary/aromatic N) is 2. The summed E-state index contributed by atoms with van der Waals surface area (Å²) in [6.45, 7) is 9.84. The van der Waals surface area contributed by atoms with Crippen molar-refractivity contribution in [2.45, 2.75) is 47.6 Å². The molecule has 1 radical (unpaired) electrons. The van der Waals surface area contributed by atoms with Crippen molar-refractivity contribution in [1.29, 1.82) is 0 Å². The van der Waals surface area contributed by atoms with E-state index in [1.165, 1.54) is 0 Å². The first kappa shape index (κ1) is 23.7. The molecular weight excluding hydrogens is 299 g/mol. The van der Waals surface area contributed by atoms with E-state index in [4.69, 9.17) is 4.42 Å². The molecule has 8 heteroatoms. The van der Waals surface area contributed by atoms with Gasteiger partial charge in [0.15, 0.2) is 0 Å². The molecular formula is C12H23N4O3V-. The number of hydrogen-bond donors (Lipinski definition) is 2. The van der Waals surface area contributed by atoms with Crippen LogP contribution in [0.25, 0.3) is 0 Å². The molecule has 2 N–H and O–H groups in total. The summed E-state index contributed by atoms with van der Waals surface area (Å²) in [6.07, 6.45) is 0.375. The maximum Gasteiger partial charge on any atom is 0.303 e. The van der Waals surface area contributed by atoms with E-state index in [2.05, 4.69) is 27.9 Å². The molecule has 0 aliphatic heterocycles. The van der Waals surface area contributed by atoms with Gasteiger partial charge in [-0.1, -0.05) is 34.6 Å². The Hall–Kier alpha value is -1.34. The second-order valence-electron chi connectivity index (χ2n) is 2.64. The molecule has 0 fully saturated rings. The van der Waals surface area contributed by atoms with Gasteiger partial charge < -0.3 is 15.1 Å². The van der Waals surface area contributed by atoms with Gasteiger partial charge >= 0.3 is 5.89 Å². The van der Waals surface area contributed by atoms with Crippen molar-refractivity contribution in [2.24, 2.45) is 0 Å². The summed E-state index contributed by atoms with van der Waals surface area (Å²) in [5, 5.41) is 11.7. The fourth-order valence-corrected chi connectivity index (χ4v) is 0.792. The first-order valence-electron chi connectivity index (χ1n) is 6.34. The Balaban J connectivity index is -0.000000529. The van der Waals surface area contributed by atoms with E-state index in [0.29, 0.717) is 6.42 Å². The van der Waals surface area contributed by atoms with E-state index in [-0.39, 0.29) is 42.8 Å². The van der Waals surface area contributed by atoms with Gasteiger partial charge in [0.05, 0.1) is 6.54 Å². The number of carbonyl (C=O) groups excluding carboxylic acids is 2. The zero-order valence-electron chi connectivity index (χ0n) is 12.7. The Bertz CT molecular complexity index is 369. The summed E-state index contributed by atoms with van der Waals surface area (Å²) in [6, 6.07) is 0. The molecule has 0 aliphatic carbocycles. The van der Waals surface area contributed by atoms with Gasteiger partial charge in [0.25, 0.3) is 5.91 Å². The minimum atomic E-state index is -0.560. The topological polar surface area (TPSA) is 97.1 Å². The largest absolute Gasteiger partial charge is 0.500 e. The van der Waals surface area contributed by atoms with Crippen LogP contribution in [0.1, 0.15) is 57.6 Å². The third-order valence-corrected chi connectivity index (χ3v) is 1.58. The first-order valence-corrected chi connectivity index (χ1v) is 6.34. The maximum absolute atomic E-state index is 11.0. The van der Waals surface area contributed by atoms with Crippen LogP contribution in [-0.2, 0) is 29.9 Å². The molecule has 1 heterocycles. The smallest absolute Gasteiger partial charge is 0.303 e. The molecule has 0 unspecified atom stereocenters. The summed E-state index contributed by atoms with van der Waals surface area (Å²) in [4.78, 5) is 21.9. The zero-order valence-corrected chi connectivity index (χ0v) is 14.1.